The molecule has 2 aromatic rings. The molecule has 0 bridgehead atoms. The summed E-state index contributed by atoms with van der Waals surface area (Å²) in [6.45, 7) is 5.95. The van der Waals surface area contributed by atoms with Crippen molar-refractivity contribution in [2.24, 2.45) is 5.41 Å². The molecule has 0 saturated carbocycles. The van der Waals surface area contributed by atoms with Crippen LogP contribution in [0.25, 0.3) is 5.65 Å². The van der Waals surface area contributed by atoms with Crippen LogP contribution in [0.4, 0.5) is 5.82 Å². The number of rotatable bonds is 6. The molecule has 0 unspecified atom stereocenters. The Balaban J connectivity index is 1.96. The summed E-state index contributed by atoms with van der Waals surface area (Å²) in [6, 6.07) is 3.70. The zero-order chi connectivity index (χ0) is 13.0. The second-order valence-electron chi connectivity index (χ2n) is 5.01. The first-order chi connectivity index (χ1) is 8.61. The lowest BCUT2D eigenvalue weighted by molar-refractivity contribution is 0.157. The molecule has 98 valence electrons. The molecule has 0 amide bonds. The van der Waals surface area contributed by atoms with Crippen LogP contribution in [0.5, 0.6) is 0 Å². The van der Waals surface area contributed by atoms with Crippen molar-refractivity contribution in [2.75, 3.05) is 25.6 Å². The summed E-state index contributed by atoms with van der Waals surface area (Å²) in [5, 5.41) is 18.7. The first kappa shape index (κ1) is 12.7. The van der Waals surface area contributed by atoms with Gasteiger partial charge in [-0.3, -0.25) is 0 Å². The van der Waals surface area contributed by atoms with E-state index in [1.807, 2.05) is 12.1 Å². The van der Waals surface area contributed by atoms with Crippen molar-refractivity contribution >= 4 is 11.5 Å². The van der Waals surface area contributed by atoms with Gasteiger partial charge in [-0.2, -0.15) is 0 Å². The van der Waals surface area contributed by atoms with Gasteiger partial charge >= 0.3 is 0 Å². The van der Waals surface area contributed by atoms with Gasteiger partial charge in [-0.1, -0.05) is 13.8 Å². The second-order valence-corrected chi connectivity index (χ2v) is 5.01. The van der Waals surface area contributed by atoms with Gasteiger partial charge in [0.1, 0.15) is 5.82 Å². The van der Waals surface area contributed by atoms with E-state index in [2.05, 4.69) is 39.8 Å². The van der Waals surface area contributed by atoms with E-state index in [1.165, 1.54) is 4.63 Å². The van der Waals surface area contributed by atoms with Crippen LogP contribution < -0.4 is 5.32 Å². The predicted molar refractivity (Wildman–Crippen MR) is 67.3 cm³/mol. The molecule has 7 heteroatoms. The quantitative estimate of drug-likeness (QED) is 0.824. The maximum absolute atomic E-state index is 5.10. The van der Waals surface area contributed by atoms with Crippen LogP contribution in [0.15, 0.2) is 12.1 Å². The molecule has 2 heterocycles. The highest BCUT2D eigenvalue weighted by atomic mass is 16.5. The average molecular weight is 250 g/mol. The Hall–Kier alpha value is -1.76. The first-order valence-electron chi connectivity index (χ1n) is 5.89. The Morgan fingerprint density at radius 3 is 3.00 bits per heavy atom. The van der Waals surface area contributed by atoms with E-state index in [9.17, 15) is 0 Å². The van der Waals surface area contributed by atoms with Crippen LogP contribution in [0.3, 0.4) is 0 Å². The van der Waals surface area contributed by atoms with Gasteiger partial charge in [0.2, 0.25) is 0 Å². The third kappa shape index (κ3) is 3.13. The van der Waals surface area contributed by atoms with Crippen LogP contribution >= 0.6 is 0 Å². The number of methoxy groups -OCH3 is 1. The fourth-order valence-corrected chi connectivity index (χ4v) is 1.54. The number of hydrogen-bond donors (Lipinski definition) is 1. The van der Waals surface area contributed by atoms with Crippen LogP contribution in [0, 0.1) is 5.41 Å². The highest BCUT2D eigenvalue weighted by Gasteiger charge is 2.17. The summed E-state index contributed by atoms with van der Waals surface area (Å²) in [5.41, 5.74) is 0.784. The van der Waals surface area contributed by atoms with E-state index >= 15 is 0 Å². The Morgan fingerprint density at radius 1 is 1.39 bits per heavy atom. The van der Waals surface area contributed by atoms with Crippen molar-refractivity contribution in [1.29, 1.82) is 0 Å². The Morgan fingerprint density at radius 2 is 2.22 bits per heavy atom. The van der Waals surface area contributed by atoms with E-state index in [1.54, 1.807) is 7.11 Å². The molecule has 0 spiro atoms. The Kier molecular flexibility index (Phi) is 3.71. The number of anilines is 1. The van der Waals surface area contributed by atoms with Gasteiger partial charge in [-0.15, -0.1) is 14.8 Å². The number of nitrogens with one attached hydrogen (secondary N) is 1. The van der Waals surface area contributed by atoms with Crippen molar-refractivity contribution in [3.63, 3.8) is 0 Å². The molecule has 0 saturated heterocycles. The molecule has 0 aromatic carbocycles. The second kappa shape index (κ2) is 5.26. The fourth-order valence-electron chi connectivity index (χ4n) is 1.54. The Bertz CT molecular complexity index is 509. The van der Waals surface area contributed by atoms with Gasteiger partial charge in [0.05, 0.1) is 0 Å². The minimum Gasteiger partial charge on any atom is -0.385 e. The third-order valence-corrected chi connectivity index (χ3v) is 2.80. The molecule has 0 aliphatic heterocycles. The minimum absolute atomic E-state index is 0.146. The molecular weight excluding hydrogens is 232 g/mol. The van der Waals surface area contributed by atoms with Crippen LogP contribution in [-0.2, 0) is 4.74 Å². The summed E-state index contributed by atoms with van der Waals surface area (Å²) in [6.07, 6.45) is 0.990. The van der Waals surface area contributed by atoms with Gasteiger partial charge in [-0.05, 0) is 34.4 Å². The molecule has 0 radical (unpaired) electrons. The van der Waals surface area contributed by atoms with Gasteiger partial charge < -0.3 is 10.1 Å². The molecular formula is C11H18N6O. The van der Waals surface area contributed by atoms with Crippen molar-refractivity contribution < 1.29 is 4.74 Å². The number of fused-ring (bicyclic) bond motifs is 1. The first-order valence-corrected chi connectivity index (χ1v) is 5.89. The summed E-state index contributed by atoms with van der Waals surface area (Å²) in [7, 11) is 1.72. The summed E-state index contributed by atoms with van der Waals surface area (Å²) < 4.78 is 6.51. The molecule has 0 aliphatic rings. The van der Waals surface area contributed by atoms with Crippen LogP contribution in [0.1, 0.15) is 20.3 Å². The number of nitrogens with zero attached hydrogens (tertiary/aromatic N) is 5. The van der Waals surface area contributed by atoms with Gasteiger partial charge in [-0.25, -0.2) is 0 Å². The lowest BCUT2D eigenvalue weighted by Gasteiger charge is -2.24. The molecule has 2 aromatic heterocycles. The van der Waals surface area contributed by atoms with Crippen molar-refractivity contribution in [3.05, 3.63) is 12.1 Å². The summed E-state index contributed by atoms with van der Waals surface area (Å²) in [4.78, 5) is 0. The van der Waals surface area contributed by atoms with Crippen LogP contribution in [0.2, 0.25) is 0 Å². The molecule has 0 atom stereocenters. The zero-order valence-electron chi connectivity index (χ0n) is 10.9. The van der Waals surface area contributed by atoms with Gasteiger partial charge in [0.25, 0.3) is 0 Å². The van der Waals surface area contributed by atoms with E-state index in [4.69, 9.17) is 4.74 Å². The number of hydrogen-bond acceptors (Lipinski definition) is 6. The third-order valence-electron chi connectivity index (χ3n) is 2.80. The number of aromatic nitrogens is 5. The SMILES string of the molecule is COCCC(C)(C)CNc1ccc2nnnn2n1. The van der Waals surface area contributed by atoms with Crippen molar-refractivity contribution in [2.45, 2.75) is 20.3 Å². The topological polar surface area (TPSA) is 77.2 Å². The lowest BCUT2D eigenvalue weighted by Crippen LogP contribution is -2.25. The number of tetrazole rings is 1. The van der Waals surface area contributed by atoms with E-state index in [0.717, 1.165) is 25.4 Å². The average Bonchev–Trinajstić information content (AvgIpc) is 2.81. The van der Waals surface area contributed by atoms with E-state index < -0.39 is 0 Å². The Labute approximate surface area is 106 Å². The summed E-state index contributed by atoms with van der Waals surface area (Å²) in [5.74, 6) is 0.764. The van der Waals surface area contributed by atoms with Gasteiger partial charge in [0.15, 0.2) is 5.65 Å². The molecule has 1 N–H and O–H groups in total. The normalized spacial score (nSPS) is 11.9. The van der Waals surface area contributed by atoms with E-state index in [0.29, 0.717) is 5.65 Å². The molecule has 0 aliphatic carbocycles. The smallest absolute Gasteiger partial charge is 0.200 e. The lowest BCUT2D eigenvalue weighted by atomic mass is 9.90. The number of ether oxygens (including phenoxy) is 1. The molecule has 2 rings (SSSR count). The standard InChI is InChI=1S/C11H18N6O/c1-11(2,6-7-18-3)8-12-9-4-5-10-13-15-16-17(10)14-9/h4-5H,6-8H2,1-3H3,(H,12,14). The fraction of sp³-hybridized carbons (Fsp3) is 0.636. The van der Waals surface area contributed by atoms with Crippen LogP contribution in [-0.4, -0.2) is 45.5 Å². The summed E-state index contributed by atoms with van der Waals surface area (Å²) >= 11 is 0. The maximum atomic E-state index is 5.10. The molecule has 7 nitrogen and oxygen atoms in total. The van der Waals surface area contributed by atoms with E-state index in [-0.39, 0.29) is 5.41 Å². The van der Waals surface area contributed by atoms with Gasteiger partial charge in [0, 0.05) is 20.3 Å². The van der Waals surface area contributed by atoms with Crippen molar-refractivity contribution in [1.82, 2.24) is 25.3 Å². The zero-order valence-corrected chi connectivity index (χ0v) is 10.9. The predicted octanol–water partition coefficient (Wildman–Crippen LogP) is 0.994. The maximum Gasteiger partial charge on any atom is 0.200 e. The molecule has 18 heavy (non-hydrogen) atoms. The monoisotopic (exact) mass is 250 g/mol. The highest BCUT2D eigenvalue weighted by Crippen LogP contribution is 2.20. The largest absolute Gasteiger partial charge is 0.385 e. The highest BCUT2D eigenvalue weighted by molar-refractivity contribution is 5.42. The van der Waals surface area contributed by atoms with Crippen molar-refractivity contribution in [3.8, 4) is 0 Å². The minimum atomic E-state index is 0.146. The molecule has 0 fully saturated rings.